The van der Waals surface area contributed by atoms with E-state index in [0.717, 1.165) is 13.0 Å². The quantitative estimate of drug-likeness (QED) is 0.552. The van der Waals surface area contributed by atoms with E-state index >= 15 is 0 Å². The van der Waals surface area contributed by atoms with Gasteiger partial charge in [-0.05, 0) is 6.42 Å². The highest BCUT2D eigenvalue weighted by Gasteiger charge is 2.38. The standard InChI is InChI=1S/C7H15NO3S/c1-2-3-8-6-4-12(10,11)5-7(6)9/h6-9H,2-5H2,1H3/p+1/t6-,7+/m1/s1. The Balaban J connectivity index is 2.47. The predicted octanol–water partition coefficient (Wildman–Crippen LogP) is -1.88. The van der Waals surface area contributed by atoms with Crippen molar-refractivity contribution in [3.63, 3.8) is 0 Å². The molecule has 1 saturated heterocycles. The van der Waals surface area contributed by atoms with Gasteiger partial charge in [-0.3, -0.25) is 0 Å². The first kappa shape index (κ1) is 9.95. The molecule has 0 unspecified atom stereocenters. The van der Waals surface area contributed by atoms with Crippen LogP contribution in [-0.2, 0) is 9.84 Å². The highest BCUT2D eigenvalue weighted by molar-refractivity contribution is 7.91. The van der Waals surface area contributed by atoms with Crippen molar-refractivity contribution < 1.29 is 18.8 Å². The van der Waals surface area contributed by atoms with E-state index in [1.807, 2.05) is 12.2 Å². The van der Waals surface area contributed by atoms with Crippen LogP contribution >= 0.6 is 0 Å². The Morgan fingerprint density at radius 3 is 2.58 bits per heavy atom. The third-order valence-electron chi connectivity index (χ3n) is 2.12. The van der Waals surface area contributed by atoms with Crippen molar-refractivity contribution in [1.29, 1.82) is 0 Å². The Hall–Kier alpha value is -0.130. The number of rotatable bonds is 3. The summed E-state index contributed by atoms with van der Waals surface area (Å²) < 4.78 is 22.1. The minimum Gasteiger partial charge on any atom is -0.386 e. The summed E-state index contributed by atoms with van der Waals surface area (Å²) in [6.45, 7) is 2.92. The van der Waals surface area contributed by atoms with Crippen LogP contribution in [-0.4, -0.2) is 43.7 Å². The smallest absolute Gasteiger partial charge is 0.159 e. The molecular formula is C7H16NO3S+. The second-order valence-electron chi connectivity index (χ2n) is 3.33. The first-order valence-electron chi connectivity index (χ1n) is 4.27. The van der Waals surface area contributed by atoms with E-state index in [1.54, 1.807) is 0 Å². The maximum absolute atomic E-state index is 11.0. The van der Waals surface area contributed by atoms with Gasteiger partial charge < -0.3 is 10.4 Å². The topological polar surface area (TPSA) is 71.0 Å². The number of nitrogens with two attached hydrogens (primary N) is 1. The number of aliphatic hydroxyl groups excluding tert-OH is 1. The maximum Gasteiger partial charge on any atom is 0.159 e. The van der Waals surface area contributed by atoms with Gasteiger partial charge in [0, 0.05) is 0 Å². The van der Waals surface area contributed by atoms with Crippen LogP contribution in [0.2, 0.25) is 0 Å². The molecule has 0 spiro atoms. The van der Waals surface area contributed by atoms with Crippen molar-refractivity contribution in [1.82, 2.24) is 0 Å². The van der Waals surface area contributed by atoms with Crippen LogP contribution in [0.5, 0.6) is 0 Å². The lowest BCUT2D eigenvalue weighted by atomic mass is 10.2. The van der Waals surface area contributed by atoms with E-state index < -0.39 is 15.9 Å². The van der Waals surface area contributed by atoms with E-state index in [4.69, 9.17) is 0 Å². The van der Waals surface area contributed by atoms with E-state index in [9.17, 15) is 13.5 Å². The molecule has 1 aliphatic heterocycles. The normalized spacial score (nSPS) is 33.8. The second kappa shape index (κ2) is 3.72. The van der Waals surface area contributed by atoms with Gasteiger partial charge in [0.1, 0.15) is 17.9 Å². The molecule has 0 aromatic carbocycles. The van der Waals surface area contributed by atoms with Crippen LogP contribution in [0.25, 0.3) is 0 Å². The largest absolute Gasteiger partial charge is 0.386 e. The van der Waals surface area contributed by atoms with Crippen molar-refractivity contribution in [2.75, 3.05) is 18.1 Å². The summed E-state index contributed by atoms with van der Waals surface area (Å²) in [4.78, 5) is 0. The van der Waals surface area contributed by atoms with E-state index in [1.165, 1.54) is 0 Å². The lowest BCUT2D eigenvalue weighted by Gasteiger charge is -2.09. The summed E-state index contributed by atoms with van der Waals surface area (Å²) in [5.41, 5.74) is 0. The van der Waals surface area contributed by atoms with E-state index in [2.05, 4.69) is 0 Å². The average Bonchev–Trinajstić information content (AvgIpc) is 2.20. The molecule has 1 heterocycles. The number of aliphatic hydroxyl groups is 1. The van der Waals surface area contributed by atoms with Crippen molar-refractivity contribution >= 4 is 9.84 Å². The van der Waals surface area contributed by atoms with Crippen LogP contribution in [0.1, 0.15) is 13.3 Å². The minimum absolute atomic E-state index is 0.0577. The molecular weight excluding hydrogens is 178 g/mol. The summed E-state index contributed by atoms with van der Waals surface area (Å²) in [6, 6.07) is -0.130. The Kier molecular flexibility index (Phi) is 3.09. The third-order valence-corrected chi connectivity index (χ3v) is 3.87. The van der Waals surface area contributed by atoms with Crippen LogP contribution in [0.4, 0.5) is 0 Å². The van der Waals surface area contributed by atoms with Crippen LogP contribution in [0.3, 0.4) is 0 Å². The van der Waals surface area contributed by atoms with Gasteiger partial charge in [-0.25, -0.2) is 8.42 Å². The Morgan fingerprint density at radius 1 is 1.50 bits per heavy atom. The Morgan fingerprint density at radius 2 is 2.17 bits per heavy atom. The van der Waals surface area contributed by atoms with Gasteiger partial charge >= 0.3 is 0 Å². The molecule has 0 amide bonds. The average molecular weight is 194 g/mol. The number of sulfone groups is 1. The number of hydrogen-bond donors (Lipinski definition) is 2. The summed E-state index contributed by atoms with van der Waals surface area (Å²) in [6.07, 6.45) is 0.338. The van der Waals surface area contributed by atoms with Gasteiger partial charge in [0.05, 0.1) is 12.3 Å². The van der Waals surface area contributed by atoms with Crippen LogP contribution < -0.4 is 5.32 Å². The molecule has 3 N–H and O–H groups in total. The minimum atomic E-state index is -2.96. The molecule has 72 valence electrons. The van der Waals surface area contributed by atoms with Gasteiger partial charge in [-0.15, -0.1) is 0 Å². The molecule has 1 fully saturated rings. The van der Waals surface area contributed by atoms with Gasteiger partial charge in [0.25, 0.3) is 0 Å². The zero-order valence-electron chi connectivity index (χ0n) is 7.23. The van der Waals surface area contributed by atoms with Crippen molar-refractivity contribution in [2.45, 2.75) is 25.5 Å². The molecule has 4 nitrogen and oxygen atoms in total. The molecule has 0 aromatic rings. The second-order valence-corrected chi connectivity index (χ2v) is 5.49. The molecule has 2 atom stereocenters. The molecule has 0 aliphatic carbocycles. The third kappa shape index (κ3) is 2.43. The maximum atomic E-state index is 11.0. The monoisotopic (exact) mass is 194 g/mol. The van der Waals surface area contributed by atoms with Gasteiger partial charge in [-0.1, -0.05) is 6.92 Å². The van der Waals surface area contributed by atoms with Gasteiger partial charge in [-0.2, -0.15) is 0 Å². The molecule has 0 radical (unpaired) electrons. The van der Waals surface area contributed by atoms with Gasteiger partial charge in [0.15, 0.2) is 9.84 Å². The lowest BCUT2D eigenvalue weighted by Crippen LogP contribution is -2.92. The van der Waals surface area contributed by atoms with Crippen LogP contribution in [0.15, 0.2) is 0 Å². The molecule has 12 heavy (non-hydrogen) atoms. The number of quaternary nitrogens is 1. The number of hydrogen-bond acceptors (Lipinski definition) is 3. The van der Waals surface area contributed by atoms with E-state index in [0.29, 0.717) is 0 Å². The fraction of sp³-hybridized carbons (Fsp3) is 1.00. The molecule has 0 saturated carbocycles. The summed E-state index contributed by atoms with van der Waals surface area (Å²) in [5.74, 6) is 0.0754. The highest BCUT2D eigenvalue weighted by Crippen LogP contribution is 2.08. The summed E-state index contributed by atoms with van der Waals surface area (Å²) >= 11 is 0. The Bertz CT molecular complexity index is 237. The molecule has 0 aromatic heterocycles. The zero-order chi connectivity index (χ0) is 9.19. The van der Waals surface area contributed by atoms with Crippen LogP contribution in [0, 0.1) is 0 Å². The zero-order valence-corrected chi connectivity index (χ0v) is 8.05. The summed E-state index contributed by atoms with van der Waals surface area (Å²) in [7, 11) is -2.96. The summed E-state index contributed by atoms with van der Waals surface area (Å²) in [5, 5.41) is 11.3. The van der Waals surface area contributed by atoms with Gasteiger partial charge in [0.2, 0.25) is 0 Å². The van der Waals surface area contributed by atoms with E-state index in [-0.39, 0.29) is 17.5 Å². The van der Waals surface area contributed by atoms with Crippen molar-refractivity contribution in [3.05, 3.63) is 0 Å². The SMILES string of the molecule is CCC[NH2+][C@@H]1CS(=O)(=O)C[C@@H]1O. The highest BCUT2D eigenvalue weighted by atomic mass is 32.2. The molecule has 1 aliphatic rings. The fourth-order valence-electron chi connectivity index (χ4n) is 1.46. The Labute approximate surface area is 72.9 Å². The predicted molar refractivity (Wildman–Crippen MR) is 45.5 cm³/mol. The molecule has 5 heteroatoms. The fourth-order valence-corrected chi connectivity index (χ4v) is 3.31. The molecule has 0 bridgehead atoms. The van der Waals surface area contributed by atoms with Crippen molar-refractivity contribution in [3.8, 4) is 0 Å². The first-order chi connectivity index (χ1) is 5.55. The first-order valence-corrected chi connectivity index (χ1v) is 6.09. The molecule has 1 rings (SSSR count). The lowest BCUT2D eigenvalue weighted by molar-refractivity contribution is -0.690. The van der Waals surface area contributed by atoms with Crippen molar-refractivity contribution in [2.24, 2.45) is 0 Å².